The van der Waals surface area contributed by atoms with E-state index in [1.807, 2.05) is 42.5 Å². The van der Waals surface area contributed by atoms with Crippen molar-refractivity contribution >= 4 is 23.6 Å². The van der Waals surface area contributed by atoms with Gasteiger partial charge in [-0.15, -0.1) is 0 Å². The number of benzene rings is 3. The molecule has 0 spiro atoms. The average molecular weight is 413 g/mol. The Morgan fingerprint density at radius 1 is 0.871 bits per heavy atom. The number of anilines is 3. The van der Waals surface area contributed by atoms with E-state index >= 15 is 0 Å². The lowest BCUT2D eigenvalue weighted by Gasteiger charge is -2.08. The van der Waals surface area contributed by atoms with E-state index in [9.17, 15) is 9.90 Å². The number of nitrogens with zero attached hydrogens (tertiary/aromatic N) is 3. The van der Waals surface area contributed by atoms with Gasteiger partial charge in [0, 0.05) is 5.69 Å². The van der Waals surface area contributed by atoms with Crippen molar-refractivity contribution < 1.29 is 14.6 Å². The lowest BCUT2D eigenvalue weighted by Crippen LogP contribution is -2.11. The number of aromatic hydroxyl groups is 1. The largest absolute Gasteiger partial charge is 0.508 e. The fourth-order valence-corrected chi connectivity index (χ4v) is 2.88. The highest BCUT2D eigenvalue weighted by atomic mass is 16.5. The van der Waals surface area contributed by atoms with E-state index in [2.05, 4.69) is 20.3 Å². The highest BCUT2D eigenvalue weighted by molar-refractivity contribution is 5.90. The van der Waals surface area contributed by atoms with E-state index in [1.54, 1.807) is 36.4 Å². The summed E-state index contributed by atoms with van der Waals surface area (Å²) in [5.74, 6) is 0.222. The highest BCUT2D eigenvalue weighted by Gasteiger charge is 2.11. The summed E-state index contributed by atoms with van der Waals surface area (Å²) in [6.45, 7) is -0.144. The molecule has 31 heavy (non-hydrogen) atoms. The van der Waals surface area contributed by atoms with E-state index in [-0.39, 0.29) is 30.1 Å². The zero-order valence-electron chi connectivity index (χ0n) is 16.4. The van der Waals surface area contributed by atoms with Crippen LogP contribution in [0.5, 0.6) is 5.75 Å². The molecular weight excluding hydrogens is 394 g/mol. The van der Waals surface area contributed by atoms with E-state index in [4.69, 9.17) is 10.5 Å². The van der Waals surface area contributed by atoms with Crippen molar-refractivity contribution in [2.45, 2.75) is 6.61 Å². The molecule has 4 N–H and O–H groups in total. The quantitative estimate of drug-likeness (QED) is 0.406. The molecule has 1 heterocycles. The van der Waals surface area contributed by atoms with E-state index in [0.717, 1.165) is 16.8 Å². The van der Waals surface area contributed by atoms with Gasteiger partial charge in [-0.25, -0.2) is 4.79 Å². The van der Waals surface area contributed by atoms with E-state index in [0.29, 0.717) is 5.56 Å². The van der Waals surface area contributed by atoms with Gasteiger partial charge in [0.1, 0.15) is 5.75 Å². The maximum Gasteiger partial charge on any atom is 0.338 e. The number of carbonyl (C=O) groups is 1. The van der Waals surface area contributed by atoms with Crippen molar-refractivity contribution in [1.82, 2.24) is 15.0 Å². The molecule has 4 rings (SSSR count). The maximum absolute atomic E-state index is 12.4. The van der Waals surface area contributed by atoms with Crippen molar-refractivity contribution in [2.75, 3.05) is 11.1 Å². The summed E-state index contributed by atoms with van der Waals surface area (Å²) < 4.78 is 5.33. The first-order chi connectivity index (χ1) is 15.1. The van der Waals surface area contributed by atoms with Gasteiger partial charge in [-0.05, 0) is 47.5 Å². The molecule has 0 bridgehead atoms. The predicted molar refractivity (Wildman–Crippen MR) is 117 cm³/mol. The van der Waals surface area contributed by atoms with Crippen LogP contribution < -0.4 is 11.1 Å². The Labute approximate surface area is 178 Å². The van der Waals surface area contributed by atoms with Crippen LogP contribution >= 0.6 is 0 Å². The molecule has 0 fully saturated rings. The number of nitrogens with one attached hydrogen (secondary N) is 1. The van der Waals surface area contributed by atoms with Gasteiger partial charge in [-0.1, -0.05) is 42.5 Å². The van der Waals surface area contributed by atoms with Crippen molar-refractivity contribution in [3.05, 3.63) is 90.3 Å². The molecule has 0 radical (unpaired) electrons. The van der Waals surface area contributed by atoms with Gasteiger partial charge in [0.15, 0.2) is 12.4 Å². The molecular formula is C23H19N5O3. The third kappa shape index (κ3) is 5.13. The molecule has 0 aliphatic carbocycles. The van der Waals surface area contributed by atoms with Crippen molar-refractivity contribution in [3.63, 3.8) is 0 Å². The molecule has 0 aliphatic rings. The van der Waals surface area contributed by atoms with Gasteiger partial charge in [-0.2, -0.15) is 15.0 Å². The fraction of sp³-hybridized carbons (Fsp3) is 0.0435. The molecule has 8 heteroatoms. The predicted octanol–water partition coefficient (Wildman–Crippen LogP) is 3.93. The lowest BCUT2D eigenvalue weighted by atomic mass is 10.0. The molecule has 0 atom stereocenters. The second-order valence-corrected chi connectivity index (χ2v) is 6.62. The summed E-state index contributed by atoms with van der Waals surface area (Å²) in [6, 6.07) is 23.2. The second-order valence-electron chi connectivity index (χ2n) is 6.62. The number of phenolic OH excluding ortho intramolecular Hbond substituents is 1. The van der Waals surface area contributed by atoms with Crippen LogP contribution in [0.4, 0.5) is 17.6 Å². The fourth-order valence-electron chi connectivity index (χ4n) is 2.88. The number of hydrogen-bond donors (Lipinski definition) is 3. The molecule has 0 saturated heterocycles. The first-order valence-corrected chi connectivity index (χ1v) is 9.46. The summed E-state index contributed by atoms with van der Waals surface area (Å²) in [6.07, 6.45) is 0. The topological polar surface area (TPSA) is 123 Å². The van der Waals surface area contributed by atoms with Crippen molar-refractivity contribution in [1.29, 1.82) is 0 Å². The molecule has 0 aliphatic heterocycles. The summed E-state index contributed by atoms with van der Waals surface area (Å²) in [7, 11) is 0. The van der Waals surface area contributed by atoms with Crippen LogP contribution in [-0.2, 0) is 11.3 Å². The third-order valence-corrected chi connectivity index (χ3v) is 4.38. The highest BCUT2D eigenvalue weighted by Crippen LogP contribution is 2.22. The van der Waals surface area contributed by atoms with Crippen LogP contribution in [-0.4, -0.2) is 26.0 Å². The Hall–Kier alpha value is -4.46. The van der Waals surface area contributed by atoms with Crippen LogP contribution in [0.25, 0.3) is 11.1 Å². The van der Waals surface area contributed by atoms with Gasteiger partial charge in [0.2, 0.25) is 11.9 Å². The van der Waals surface area contributed by atoms with E-state index in [1.165, 1.54) is 0 Å². The number of ether oxygens (including phenoxy) is 1. The SMILES string of the molecule is Nc1nc(COC(=O)c2ccc(-c3ccc(O)cc3)cc2)nc(Nc2ccccc2)n1. The molecule has 0 saturated carbocycles. The zero-order valence-corrected chi connectivity index (χ0v) is 16.4. The van der Waals surface area contributed by atoms with Gasteiger partial charge >= 0.3 is 5.97 Å². The number of phenols is 1. The minimum Gasteiger partial charge on any atom is -0.508 e. The van der Waals surface area contributed by atoms with Gasteiger partial charge in [0.25, 0.3) is 0 Å². The molecule has 154 valence electrons. The molecule has 0 amide bonds. The van der Waals surface area contributed by atoms with Crippen molar-refractivity contribution in [3.8, 4) is 16.9 Å². The van der Waals surface area contributed by atoms with Crippen LogP contribution in [0.3, 0.4) is 0 Å². The Morgan fingerprint density at radius 3 is 2.19 bits per heavy atom. The molecule has 4 aromatic rings. The minimum absolute atomic E-state index is 0.0257. The number of carbonyl (C=O) groups excluding carboxylic acids is 1. The summed E-state index contributed by atoms with van der Waals surface area (Å²) in [4.78, 5) is 24.7. The number of hydrogen-bond acceptors (Lipinski definition) is 8. The smallest absolute Gasteiger partial charge is 0.338 e. The first-order valence-electron chi connectivity index (χ1n) is 9.46. The van der Waals surface area contributed by atoms with Crippen LogP contribution in [0.15, 0.2) is 78.9 Å². The Morgan fingerprint density at radius 2 is 1.52 bits per heavy atom. The maximum atomic E-state index is 12.4. The van der Waals surface area contributed by atoms with Crippen molar-refractivity contribution in [2.24, 2.45) is 0 Å². The molecule has 1 aromatic heterocycles. The zero-order chi connectivity index (χ0) is 21.6. The normalized spacial score (nSPS) is 10.5. The van der Waals surface area contributed by atoms with Crippen LogP contribution in [0.2, 0.25) is 0 Å². The Bertz CT molecular complexity index is 1180. The number of nitrogens with two attached hydrogens (primary N) is 1. The van der Waals surface area contributed by atoms with Gasteiger partial charge < -0.3 is 20.9 Å². The summed E-state index contributed by atoms with van der Waals surface area (Å²) in [5.41, 5.74) is 8.79. The monoisotopic (exact) mass is 413 g/mol. The van der Waals surface area contributed by atoms with Gasteiger partial charge in [-0.3, -0.25) is 0 Å². The van der Waals surface area contributed by atoms with Crippen LogP contribution in [0, 0.1) is 0 Å². The summed E-state index contributed by atoms with van der Waals surface area (Å²) in [5, 5.41) is 12.4. The molecule has 3 aromatic carbocycles. The van der Waals surface area contributed by atoms with Gasteiger partial charge in [0.05, 0.1) is 5.56 Å². The Kier molecular flexibility index (Phi) is 5.70. The first kappa shape index (κ1) is 19.8. The second kappa shape index (κ2) is 8.91. The number of aromatic nitrogens is 3. The molecule has 8 nitrogen and oxygen atoms in total. The third-order valence-electron chi connectivity index (χ3n) is 4.38. The average Bonchev–Trinajstić information content (AvgIpc) is 2.78. The van der Waals surface area contributed by atoms with E-state index < -0.39 is 5.97 Å². The number of para-hydroxylation sites is 1. The minimum atomic E-state index is -0.506. The number of nitrogen functional groups attached to an aromatic ring is 1. The number of rotatable bonds is 6. The van der Waals surface area contributed by atoms with Crippen LogP contribution in [0.1, 0.15) is 16.2 Å². The molecule has 0 unspecified atom stereocenters. The lowest BCUT2D eigenvalue weighted by molar-refractivity contribution is 0.0462. The summed E-state index contributed by atoms with van der Waals surface area (Å²) >= 11 is 0. The Balaban J connectivity index is 1.41. The number of esters is 1. The standard InChI is InChI=1S/C23H19N5O3/c24-22-26-20(27-23(28-22)25-18-4-2-1-3-5-18)14-31-21(30)17-8-6-15(7-9-17)16-10-12-19(29)13-11-16/h1-13,29H,14H2,(H3,24,25,26,27,28).